The molecule has 1 aliphatic rings. The number of aliphatic carboxylic acids is 1. The van der Waals surface area contributed by atoms with Crippen LogP contribution < -0.4 is 0 Å². The molecule has 0 aromatic carbocycles. The van der Waals surface area contributed by atoms with Crippen molar-refractivity contribution in [3.63, 3.8) is 0 Å². The SMILES string of the molecule is Cc1c(S(=O)(=O)N2CCCC(C(=O)O)C2)cnn1-c1ccccn1. The maximum Gasteiger partial charge on any atom is 0.307 e. The van der Waals surface area contributed by atoms with E-state index in [0.29, 0.717) is 30.9 Å². The van der Waals surface area contributed by atoms with Gasteiger partial charge in [0.05, 0.1) is 17.8 Å². The summed E-state index contributed by atoms with van der Waals surface area (Å²) in [5.74, 6) is -1.10. The molecule has 1 aliphatic heterocycles. The van der Waals surface area contributed by atoms with Crippen LogP contribution in [0.3, 0.4) is 0 Å². The number of hydrogen-bond donors (Lipinski definition) is 1. The third-order valence-corrected chi connectivity index (χ3v) is 6.15. The number of piperidine rings is 1. The molecule has 1 fully saturated rings. The number of aromatic nitrogens is 3. The Bertz CT molecular complexity index is 848. The summed E-state index contributed by atoms with van der Waals surface area (Å²) in [6.45, 7) is 1.97. The van der Waals surface area contributed by atoms with Crippen LogP contribution in [0.25, 0.3) is 5.82 Å². The highest BCUT2D eigenvalue weighted by molar-refractivity contribution is 7.89. The Morgan fingerprint density at radius 1 is 1.38 bits per heavy atom. The topological polar surface area (TPSA) is 105 Å². The second kappa shape index (κ2) is 6.33. The third-order valence-electron chi connectivity index (χ3n) is 4.18. The lowest BCUT2D eigenvalue weighted by Crippen LogP contribution is -2.42. The maximum atomic E-state index is 12.9. The molecule has 3 rings (SSSR count). The largest absolute Gasteiger partial charge is 0.481 e. The molecule has 3 heterocycles. The lowest BCUT2D eigenvalue weighted by atomic mass is 10.0. The molecular formula is C15H18N4O4S. The molecule has 1 saturated heterocycles. The fourth-order valence-electron chi connectivity index (χ4n) is 2.86. The molecule has 0 spiro atoms. The van der Waals surface area contributed by atoms with E-state index in [1.807, 2.05) is 0 Å². The Labute approximate surface area is 139 Å². The van der Waals surface area contributed by atoms with Crippen LogP contribution in [-0.4, -0.2) is 51.7 Å². The van der Waals surface area contributed by atoms with Crippen molar-refractivity contribution in [1.29, 1.82) is 0 Å². The third kappa shape index (κ3) is 2.92. The number of hydrogen-bond acceptors (Lipinski definition) is 5. The molecule has 1 atom stereocenters. The van der Waals surface area contributed by atoms with Crippen LogP contribution in [0.5, 0.6) is 0 Å². The molecule has 0 amide bonds. The van der Waals surface area contributed by atoms with Gasteiger partial charge in [0, 0.05) is 19.3 Å². The Morgan fingerprint density at radius 3 is 2.83 bits per heavy atom. The number of sulfonamides is 1. The van der Waals surface area contributed by atoms with Gasteiger partial charge in [-0.15, -0.1) is 0 Å². The Morgan fingerprint density at radius 2 is 2.17 bits per heavy atom. The van der Waals surface area contributed by atoms with Gasteiger partial charge in [0.15, 0.2) is 5.82 Å². The van der Waals surface area contributed by atoms with E-state index in [-0.39, 0.29) is 11.4 Å². The van der Waals surface area contributed by atoms with E-state index in [0.717, 1.165) is 0 Å². The van der Waals surface area contributed by atoms with Crippen LogP contribution in [0.4, 0.5) is 0 Å². The highest BCUT2D eigenvalue weighted by Crippen LogP contribution is 2.26. The molecule has 128 valence electrons. The number of carboxylic acids is 1. The van der Waals surface area contributed by atoms with E-state index >= 15 is 0 Å². The summed E-state index contributed by atoms with van der Waals surface area (Å²) in [6.07, 6.45) is 3.92. The Hall–Kier alpha value is -2.26. The minimum atomic E-state index is -3.79. The zero-order valence-corrected chi connectivity index (χ0v) is 14.0. The van der Waals surface area contributed by atoms with E-state index < -0.39 is 21.9 Å². The molecule has 2 aromatic rings. The first-order valence-corrected chi connectivity index (χ1v) is 9.04. The molecule has 8 nitrogen and oxygen atoms in total. The number of carbonyl (C=O) groups is 1. The first kappa shape index (κ1) is 16.6. The zero-order valence-electron chi connectivity index (χ0n) is 13.2. The van der Waals surface area contributed by atoms with E-state index in [1.165, 1.54) is 15.2 Å². The molecule has 1 unspecified atom stereocenters. The fourth-order valence-corrected chi connectivity index (χ4v) is 4.52. The molecule has 0 aliphatic carbocycles. The molecular weight excluding hydrogens is 332 g/mol. The second-order valence-corrected chi connectivity index (χ2v) is 7.64. The maximum absolute atomic E-state index is 12.9. The van der Waals surface area contributed by atoms with Gasteiger partial charge in [-0.1, -0.05) is 6.07 Å². The summed E-state index contributed by atoms with van der Waals surface area (Å²) in [6, 6.07) is 5.29. The lowest BCUT2D eigenvalue weighted by Gasteiger charge is -2.29. The van der Waals surface area contributed by atoms with Gasteiger partial charge in [-0.05, 0) is 31.9 Å². The molecule has 0 saturated carbocycles. The fraction of sp³-hybridized carbons (Fsp3) is 0.400. The average Bonchev–Trinajstić information content (AvgIpc) is 2.98. The van der Waals surface area contributed by atoms with Gasteiger partial charge < -0.3 is 5.11 Å². The Kier molecular flexibility index (Phi) is 4.37. The van der Waals surface area contributed by atoms with Crippen molar-refractivity contribution in [2.24, 2.45) is 5.92 Å². The van der Waals surface area contributed by atoms with Crippen molar-refractivity contribution in [1.82, 2.24) is 19.1 Å². The van der Waals surface area contributed by atoms with Gasteiger partial charge in [0.1, 0.15) is 4.90 Å². The van der Waals surface area contributed by atoms with Crippen LogP contribution in [0, 0.1) is 12.8 Å². The first-order chi connectivity index (χ1) is 11.4. The van der Waals surface area contributed by atoms with Gasteiger partial charge in [-0.3, -0.25) is 4.79 Å². The van der Waals surface area contributed by atoms with Crippen LogP contribution in [0.15, 0.2) is 35.5 Å². The van der Waals surface area contributed by atoms with Crippen molar-refractivity contribution in [3.05, 3.63) is 36.3 Å². The molecule has 2 aromatic heterocycles. The van der Waals surface area contributed by atoms with Crippen LogP contribution >= 0.6 is 0 Å². The molecule has 24 heavy (non-hydrogen) atoms. The second-order valence-electron chi connectivity index (χ2n) is 5.73. The van der Waals surface area contributed by atoms with Crippen molar-refractivity contribution in [3.8, 4) is 5.82 Å². The number of nitrogens with zero attached hydrogens (tertiary/aromatic N) is 4. The summed E-state index contributed by atoms with van der Waals surface area (Å²) in [4.78, 5) is 15.4. The monoisotopic (exact) mass is 350 g/mol. The molecule has 9 heteroatoms. The summed E-state index contributed by atoms with van der Waals surface area (Å²) >= 11 is 0. The normalized spacial score (nSPS) is 19.3. The van der Waals surface area contributed by atoms with E-state index in [9.17, 15) is 13.2 Å². The lowest BCUT2D eigenvalue weighted by molar-refractivity contribution is -0.142. The zero-order chi connectivity index (χ0) is 17.3. The van der Waals surface area contributed by atoms with Crippen LogP contribution in [0.1, 0.15) is 18.5 Å². The predicted molar refractivity (Wildman–Crippen MR) is 85.2 cm³/mol. The summed E-state index contributed by atoms with van der Waals surface area (Å²) < 4.78 is 28.5. The highest BCUT2D eigenvalue weighted by Gasteiger charge is 2.35. The molecule has 1 N–H and O–H groups in total. The summed E-state index contributed by atoms with van der Waals surface area (Å²) in [5.41, 5.74) is 0.450. The predicted octanol–water partition coefficient (Wildman–Crippen LogP) is 1.06. The van der Waals surface area contributed by atoms with Crippen molar-refractivity contribution in [2.45, 2.75) is 24.7 Å². The van der Waals surface area contributed by atoms with Gasteiger partial charge in [-0.2, -0.15) is 9.40 Å². The highest BCUT2D eigenvalue weighted by atomic mass is 32.2. The Balaban J connectivity index is 1.94. The van der Waals surface area contributed by atoms with E-state index in [2.05, 4.69) is 10.1 Å². The van der Waals surface area contributed by atoms with Crippen molar-refractivity contribution >= 4 is 16.0 Å². The van der Waals surface area contributed by atoms with Gasteiger partial charge in [0.25, 0.3) is 0 Å². The molecule has 0 radical (unpaired) electrons. The first-order valence-electron chi connectivity index (χ1n) is 7.60. The number of rotatable bonds is 4. The average molecular weight is 350 g/mol. The van der Waals surface area contributed by atoms with E-state index in [4.69, 9.17) is 5.11 Å². The van der Waals surface area contributed by atoms with E-state index in [1.54, 1.807) is 31.3 Å². The molecule has 0 bridgehead atoms. The standard InChI is InChI=1S/C15H18N4O4S/c1-11-13(9-17-19(11)14-6-2-3-7-16-14)24(22,23)18-8-4-5-12(10-18)15(20)21/h2-3,6-7,9,12H,4-5,8,10H2,1H3,(H,20,21). The smallest absolute Gasteiger partial charge is 0.307 e. The van der Waals surface area contributed by atoms with Crippen LogP contribution in [-0.2, 0) is 14.8 Å². The van der Waals surface area contributed by atoms with Gasteiger partial charge in [-0.25, -0.2) is 18.1 Å². The minimum absolute atomic E-state index is 0.00806. The number of carboxylic acid groups (broad SMARTS) is 1. The summed E-state index contributed by atoms with van der Waals surface area (Å²) in [7, 11) is -3.79. The van der Waals surface area contributed by atoms with Crippen LogP contribution in [0.2, 0.25) is 0 Å². The van der Waals surface area contributed by atoms with Crippen molar-refractivity contribution in [2.75, 3.05) is 13.1 Å². The minimum Gasteiger partial charge on any atom is -0.481 e. The number of pyridine rings is 1. The van der Waals surface area contributed by atoms with Gasteiger partial charge >= 0.3 is 5.97 Å². The quantitative estimate of drug-likeness (QED) is 0.884. The summed E-state index contributed by atoms with van der Waals surface area (Å²) in [5, 5.41) is 13.3. The van der Waals surface area contributed by atoms with Crippen molar-refractivity contribution < 1.29 is 18.3 Å². The van der Waals surface area contributed by atoms with Gasteiger partial charge in [0.2, 0.25) is 10.0 Å².